The summed E-state index contributed by atoms with van der Waals surface area (Å²) < 4.78 is 23.0. The summed E-state index contributed by atoms with van der Waals surface area (Å²) in [6.45, 7) is 8.32. The summed E-state index contributed by atoms with van der Waals surface area (Å²) in [5.74, 6) is 1.22. The Morgan fingerprint density at radius 1 is 1.17 bits per heavy atom. The molecule has 0 aromatic heterocycles. The van der Waals surface area contributed by atoms with Crippen LogP contribution in [0.15, 0.2) is 42.5 Å². The molecule has 3 rings (SSSR count). The van der Waals surface area contributed by atoms with E-state index in [-0.39, 0.29) is 5.97 Å². The second-order valence-electron chi connectivity index (χ2n) is 7.57. The van der Waals surface area contributed by atoms with E-state index in [1.54, 1.807) is 7.11 Å². The summed E-state index contributed by atoms with van der Waals surface area (Å²) in [4.78, 5) is 11.7. The molecule has 0 fully saturated rings. The lowest BCUT2D eigenvalue weighted by Gasteiger charge is -2.43. The minimum atomic E-state index is -0.698. The fraction of sp³-hybridized carbons (Fsp3) is 0.435. The van der Waals surface area contributed by atoms with Crippen molar-refractivity contribution in [2.75, 3.05) is 19.0 Å². The Balaban J connectivity index is 1.83. The Morgan fingerprint density at radius 2 is 1.90 bits per heavy atom. The van der Waals surface area contributed by atoms with Gasteiger partial charge in [-0.2, -0.15) is 0 Å². The lowest BCUT2D eigenvalue weighted by molar-refractivity contribution is -0.181. The van der Waals surface area contributed by atoms with Crippen LogP contribution in [0.5, 0.6) is 11.5 Å². The number of esters is 1. The van der Waals surface area contributed by atoms with Crippen molar-refractivity contribution >= 4 is 11.7 Å². The molecule has 0 saturated carbocycles. The number of anilines is 1. The SMILES string of the molecule is CCOC1c2cc(NCc3ccc(OC)cc3)ccc2OC(C)(C)C1OC(C)=O. The van der Waals surface area contributed by atoms with E-state index in [0.717, 1.165) is 28.3 Å². The molecule has 2 atom stereocenters. The number of ether oxygens (including phenoxy) is 4. The van der Waals surface area contributed by atoms with Crippen molar-refractivity contribution < 1.29 is 23.7 Å². The van der Waals surface area contributed by atoms with Gasteiger partial charge in [-0.3, -0.25) is 4.79 Å². The summed E-state index contributed by atoms with van der Waals surface area (Å²) in [5.41, 5.74) is 2.25. The first-order chi connectivity index (χ1) is 13.8. The normalized spacial score (nSPS) is 19.6. The summed E-state index contributed by atoms with van der Waals surface area (Å²) in [6, 6.07) is 13.8. The predicted molar refractivity (Wildman–Crippen MR) is 111 cm³/mol. The molecule has 2 aromatic rings. The summed E-state index contributed by atoms with van der Waals surface area (Å²) in [7, 11) is 1.65. The Morgan fingerprint density at radius 3 is 2.52 bits per heavy atom. The van der Waals surface area contributed by atoms with E-state index in [2.05, 4.69) is 5.32 Å². The third-order valence-electron chi connectivity index (χ3n) is 4.94. The van der Waals surface area contributed by atoms with E-state index < -0.39 is 17.8 Å². The van der Waals surface area contributed by atoms with E-state index >= 15 is 0 Å². The van der Waals surface area contributed by atoms with Crippen molar-refractivity contribution in [3.8, 4) is 11.5 Å². The lowest BCUT2D eigenvalue weighted by atomic mass is 9.88. The highest BCUT2D eigenvalue weighted by Crippen LogP contribution is 2.44. The Bertz CT molecular complexity index is 847. The van der Waals surface area contributed by atoms with Crippen LogP contribution >= 0.6 is 0 Å². The molecule has 1 aliphatic rings. The third-order valence-corrected chi connectivity index (χ3v) is 4.94. The fourth-order valence-electron chi connectivity index (χ4n) is 3.53. The molecule has 0 aliphatic carbocycles. The van der Waals surface area contributed by atoms with Crippen LogP contribution in [0.2, 0.25) is 0 Å². The Hall–Kier alpha value is -2.73. The van der Waals surface area contributed by atoms with E-state index in [0.29, 0.717) is 13.2 Å². The van der Waals surface area contributed by atoms with Crippen LogP contribution in [-0.2, 0) is 20.8 Å². The molecule has 156 valence electrons. The molecule has 6 nitrogen and oxygen atoms in total. The van der Waals surface area contributed by atoms with Gasteiger partial charge < -0.3 is 24.3 Å². The summed E-state index contributed by atoms with van der Waals surface area (Å²) in [5, 5.41) is 3.43. The van der Waals surface area contributed by atoms with Gasteiger partial charge in [0, 0.05) is 31.3 Å². The molecule has 0 spiro atoms. The van der Waals surface area contributed by atoms with Gasteiger partial charge in [0.05, 0.1) is 7.11 Å². The second kappa shape index (κ2) is 8.74. The van der Waals surface area contributed by atoms with Crippen LogP contribution in [0.25, 0.3) is 0 Å². The monoisotopic (exact) mass is 399 g/mol. The van der Waals surface area contributed by atoms with Gasteiger partial charge in [-0.1, -0.05) is 12.1 Å². The standard InChI is InChI=1S/C23H29NO5/c1-6-27-21-19-13-17(24-14-16-7-10-18(26-5)11-8-16)9-12-20(19)29-23(3,4)22(21)28-15(2)25/h7-13,21-22,24H,6,14H2,1-5H3. The zero-order chi connectivity index (χ0) is 21.0. The number of methoxy groups -OCH3 is 1. The van der Waals surface area contributed by atoms with Crippen molar-refractivity contribution in [1.82, 2.24) is 0 Å². The van der Waals surface area contributed by atoms with Gasteiger partial charge in [-0.05, 0) is 56.7 Å². The molecular formula is C23H29NO5. The molecule has 0 radical (unpaired) electrons. The van der Waals surface area contributed by atoms with Crippen molar-refractivity contribution in [3.63, 3.8) is 0 Å². The van der Waals surface area contributed by atoms with Gasteiger partial charge in [-0.25, -0.2) is 0 Å². The Kier molecular flexibility index (Phi) is 6.33. The lowest BCUT2D eigenvalue weighted by Crippen LogP contribution is -2.51. The summed E-state index contributed by atoms with van der Waals surface area (Å²) in [6.07, 6.45) is -0.935. The van der Waals surface area contributed by atoms with E-state index in [4.69, 9.17) is 18.9 Å². The number of rotatable bonds is 7. The average molecular weight is 399 g/mol. The molecule has 6 heteroatoms. The smallest absolute Gasteiger partial charge is 0.303 e. The van der Waals surface area contributed by atoms with Gasteiger partial charge in [-0.15, -0.1) is 0 Å². The van der Waals surface area contributed by atoms with Crippen LogP contribution in [0.1, 0.15) is 44.9 Å². The fourth-order valence-corrected chi connectivity index (χ4v) is 3.53. The second-order valence-corrected chi connectivity index (χ2v) is 7.57. The highest BCUT2D eigenvalue weighted by atomic mass is 16.6. The molecule has 2 unspecified atom stereocenters. The average Bonchev–Trinajstić information content (AvgIpc) is 2.69. The Labute approximate surface area is 172 Å². The first-order valence-electron chi connectivity index (χ1n) is 9.82. The molecule has 0 amide bonds. The zero-order valence-corrected chi connectivity index (χ0v) is 17.7. The highest BCUT2D eigenvalue weighted by molar-refractivity contribution is 5.66. The van der Waals surface area contributed by atoms with Crippen molar-refractivity contribution in [2.45, 2.75) is 52.0 Å². The molecule has 2 aromatic carbocycles. The first kappa shape index (κ1) is 21.0. The summed E-state index contributed by atoms with van der Waals surface area (Å²) >= 11 is 0. The van der Waals surface area contributed by atoms with Crippen molar-refractivity contribution in [1.29, 1.82) is 0 Å². The number of carbonyl (C=O) groups is 1. The number of fused-ring (bicyclic) bond motifs is 1. The number of nitrogens with one attached hydrogen (secondary N) is 1. The van der Waals surface area contributed by atoms with E-state index in [9.17, 15) is 4.79 Å². The number of benzene rings is 2. The maximum Gasteiger partial charge on any atom is 0.303 e. The number of hydrogen-bond donors (Lipinski definition) is 1. The van der Waals surface area contributed by atoms with Crippen molar-refractivity contribution in [3.05, 3.63) is 53.6 Å². The molecule has 0 bridgehead atoms. The van der Waals surface area contributed by atoms with Gasteiger partial charge in [0.25, 0.3) is 0 Å². The van der Waals surface area contributed by atoms with Gasteiger partial charge in [0.1, 0.15) is 23.2 Å². The molecule has 1 aliphatic heterocycles. The van der Waals surface area contributed by atoms with E-state index in [1.807, 2.05) is 63.2 Å². The maximum absolute atomic E-state index is 11.7. The van der Waals surface area contributed by atoms with Crippen molar-refractivity contribution in [2.24, 2.45) is 0 Å². The van der Waals surface area contributed by atoms with Gasteiger partial charge >= 0.3 is 5.97 Å². The van der Waals surface area contributed by atoms with Crippen LogP contribution in [0.4, 0.5) is 5.69 Å². The van der Waals surface area contributed by atoms with Crippen LogP contribution in [0, 0.1) is 0 Å². The topological polar surface area (TPSA) is 66.0 Å². The number of carbonyl (C=O) groups excluding carboxylic acids is 1. The molecule has 0 saturated heterocycles. The molecule has 29 heavy (non-hydrogen) atoms. The van der Waals surface area contributed by atoms with Crippen LogP contribution in [0.3, 0.4) is 0 Å². The van der Waals surface area contributed by atoms with E-state index in [1.165, 1.54) is 6.92 Å². The maximum atomic E-state index is 11.7. The van der Waals surface area contributed by atoms with Crippen LogP contribution < -0.4 is 14.8 Å². The number of hydrogen-bond acceptors (Lipinski definition) is 6. The molecule has 1 heterocycles. The molecular weight excluding hydrogens is 370 g/mol. The zero-order valence-electron chi connectivity index (χ0n) is 17.7. The minimum absolute atomic E-state index is 0.353. The third kappa shape index (κ3) is 4.82. The van der Waals surface area contributed by atoms with Crippen LogP contribution in [-0.4, -0.2) is 31.4 Å². The van der Waals surface area contributed by atoms with Gasteiger partial charge in [0.15, 0.2) is 6.10 Å². The first-order valence-corrected chi connectivity index (χ1v) is 9.82. The highest BCUT2D eigenvalue weighted by Gasteiger charge is 2.47. The molecule has 1 N–H and O–H groups in total. The van der Waals surface area contributed by atoms with Gasteiger partial charge in [0.2, 0.25) is 0 Å². The minimum Gasteiger partial charge on any atom is -0.497 e. The quantitative estimate of drug-likeness (QED) is 0.692. The largest absolute Gasteiger partial charge is 0.497 e. The predicted octanol–water partition coefficient (Wildman–Crippen LogP) is 4.49.